The number of amides is 9. The Morgan fingerprint density at radius 3 is 1.28 bits per heavy atom. The molecule has 0 aliphatic carbocycles. The van der Waals surface area contributed by atoms with Crippen LogP contribution in [0.5, 0.6) is 0 Å². The average molecular weight is 1060 g/mol. The minimum Gasteiger partial charge on any atom is -0.481 e. The minimum atomic E-state index is -1.74. The number of carboxylic acids is 2. The fraction of sp³-hybridized carbons (Fsp3) is 0.756. The van der Waals surface area contributed by atoms with Crippen molar-refractivity contribution in [2.45, 2.75) is 173 Å². The molecule has 0 saturated carbocycles. The molecule has 0 aromatic rings. The van der Waals surface area contributed by atoms with Crippen molar-refractivity contribution in [3.8, 4) is 0 Å². The lowest BCUT2D eigenvalue weighted by Crippen LogP contribution is -2.61. The van der Waals surface area contributed by atoms with Crippen LogP contribution in [0.3, 0.4) is 0 Å². The molecule has 17 N–H and O–H groups in total. The van der Waals surface area contributed by atoms with Gasteiger partial charge in [-0.25, -0.2) is 4.79 Å². The molecule has 0 radical (unpaired) electrons. The largest absolute Gasteiger partial charge is 0.481 e. The van der Waals surface area contributed by atoms with Gasteiger partial charge in [0, 0.05) is 12.8 Å². The molecule has 11 atom stereocenters. The van der Waals surface area contributed by atoms with Crippen molar-refractivity contribution in [1.29, 1.82) is 0 Å². The van der Waals surface area contributed by atoms with E-state index in [1.54, 1.807) is 40.2 Å². The van der Waals surface area contributed by atoms with E-state index in [-0.39, 0.29) is 57.4 Å². The summed E-state index contributed by atoms with van der Waals surface area (Å²) >= 11 is 2.75. The number of hydrogen-bond acceptors (Lipinski definition) is 16. The van der Waals surface area contributed by atoms with Gasteiger partial charge in [-0.3, -0.25) is 47.9 Å². The van der Waals surface area contributed by atoms with Crippen molar-refractivity contribution >= 4 is 88.6 Å². The Balaban J connectivity index is 6.77. The topological polar surface area (TPSA) is 423 Å². The smallest absolute Gasteiger partial charge is 0.326 e. The molecule has 0 aliphatic heterocycles. The molecule has 0 unspecified atom stereocenters. The van der Waals surface area contributed by atoms with Crippen LogP contribution >= 0.6 is 23.5 Å². The van der Waals surface area contributed by atoms with Crippen LogP contribution in [0.2, 0.25) is 0 Å². The molecule has 72 heavy (non-hydrogen) atoms. The second kappa shape index (κ2) is 35.8. The Morgan fingerprint density at radius 1 is 0.514 bits per heavy atom. The zero-order valence-corrected chi connectivity index (χ0v) is 44.3. The maximum absolute atomic E-state index is 14.2. The van der Waals surface area contributed by atoms with Crippen LogP contribution in [-0.2, 0) is 52.7 Å². The summed E-state index contributed by atoms with van der Waals surface area (Å²) in [5, 5.41) is 49.7. The SMILES string of the molecule is CC[C@H](C)[C@H](NC(=O)[C@@H](NC(=O)[C@H](CCC(=O)O)NC(=O)[C@H](CCCCN)NC(=O)[C@H](CC(C)C)NC(=O)[C@H](CCSC)NC(=O)[C@H](CCC(N)=O)NC(=O)[C@H](CCSC)NC(=O)[C@H](C)N)[C@@H](C)O)C(=O)O. The first kappa shape index (κ1) is 66.8. The summed E-state index contributed by atoms with van der Waals surface area (Å²) in [6.07, 6.45) is 1.41. The summed E-state index contributed by atoms with van der Waals surface area (Å²) < 4.78 is 0. The molecule has 25 nitrogen and oxygen atoms in total. The number of hydrogen-bond donors (Lipinski definition) is 14. The summed E-state index contributed by atoms with van der Waals surface area (Å²) in [7, 11) is 0. The lowest BCUT2D eigenvalue weighted by molar-refractivity contribution is -0.144. The van der Waals surface area contributed by atoms with Crippen LogP contribution in [0.4, 0.5) is 0 Å². The lowest BCUT2D eigenvalue weighted by atomic mass is 9.98. The highest BCUT2D eigenvalue weighted by Crippen LogP contribution is 2.13. The van der Waals surface area contributed by atoms with Crippen molar-refractivity contribution in [2.75, 3.05) is 30.6 Å². The number of carboxylic acid groups (broad SMARTS) is 2. The maximum atomic E-state index is 14.2. The first-order valence-corrected chi connectivity index (χ1v) is 26.8. The van der Waals surface area contributed by atoms with Gasteiger partial charge in [0.1, 0.15) is 48.3 Å². The summed E-state index contributed by atoms with van der Waals surface area (Å²) in [6, 6.07) is -12.3. The molecule has 412 valence electrons. The number of primary amides is 1. The highest BCUT2D eigenvalue weighted by atomic mass is 32.2. The predicted octanol–water partition coefficient (Wildman–Crippen LogP) is -2.46. The highest BCUT2D eigenvalue weighted by molar-refractivity contribution is 7.98. The number of unbranched alkanes of at least 4 members (excludes halogenated alkanes) is 1. The third-order valence-corrected chi connectivity index (χ3v) is 12.5. The van der Waals surface area contributed by atoms with Crippen LogP contribution < -0.4 is 59.7 Å². The number of aliphatic hydroxyl groups is 1. The Kier molecular flexibility index (Phi) is 33.2. The molecular formula is C45H81N11O14S2. The van der Waals surface area contributed by atoms with E-state index in [0.717, 1.165) is 6.92 Å². The fourth-order valence-corrected chi connectivity index (χ4v) is 7.76. The number of aliphatic carboxylic acids is 2. The third-order valence-electron chi connectivity index (χ3n) is 11.3. The number of thioether (sulfide) groups is 2. The van der Waals surface area contributed by atoms with E-state index < -0.39 is 144 Å². The predicted molar refractivity (Wildman–Crippen MR) is 272 cm³/mol. The number of aliphatic hydroxyl groups excluding tert-OH is 1. The zero-order chi connectivity index (χ0) is 55.2. The van der Waals surface area contributed by atoms with Gasteiger partial charge in [0.25, 0.3) is 0 Å². The monoisotopic (exact) mass is 1060 g/mol. The fourth-order valence-electron chi connectivity index (χ4n) is 6.82. The van der Waals surface area contributed by atoms with Crippen molar-refractivity contribution in [3.05, 3.63) is 0 Å². The summed E-state index contributed by atoms with van der Waals surface area (Å²) in [6.45, 7) is 9.60. The molecule has 0 spiro atoms. The van der Waals surface area contributed by atoms with E-state index in [9.17, 15) is 68.1 Å². The van der Waals surface area contributed by atoms with Gasteiger partial charge >= 0.3 is 11.9 Å². The van der Waals surface area contributed by atoms with Gasteiger partial charge < -0.3 is 75.1 Å². The van der Waals surface area contributed by atoms with E-state index in [1.807, 2.05) is 0 Å². The molecule has 0 saturated heterocycles. The Labute approximate surface area is 430 Å². The molecule has 9 amide bonds. The van der Waals surface area contributed by atoms with E-state index >= 15 is 0 Å². The van der Waals surface area contributed by atoms with E-state index in [4.69, 9.17) is 17.2 Å². The average Bonchev–Trinajstić information content (AvgIpc) is 3.30. The van der Waals surface area contributed by atoms with Crippen LogP contribution in [0.15, 0.2) is 0 Å². The van der Waals surface area contributed by atoms with E-state index in [0.29, 0.717) is 24.3 Å². The quantitative estimate of drug-likeness (QED) is 0.0285. The summed E-state index contributed by atoms with van der Waals surface area (Å²) in [4.78, 5) is 144. The van der Waals surface area contributed by atoms with E-state index in [2.05, 4.69) is 42.5 Å². The molecule has 0 bridgehead atoms. The van der Waals surface area contributed by atoms with Gasteiger partial charge in [-0.05, 0) is 108 Å². The second-order valence-electron chi connectivity index (χ2n) is 18.0. The van der Waals surface area contributed by atoms with Gasteiger partial charge in [0.15, 0.2) is 0 Å². The normalized spacial score (nSPS) is 15.8. The van der Waals surface area contributed by atoms with E-state index in [1.165, 1.54) is 30.4 Å². The van der Waals surface area contributed by atoms with Crippen LogP contribution in [0, 0.1) is 11.8 Å². The molecule has 0 aromatic heterocycles. The molecular weight excluding hydrogens is 983 g/mol. The standard InChI is InChI=1S/C45H81N11O14S2/c1-9-24(4)35(45(69)70)55-44(68)36(26(6)57)56-42(66)29(14-16-34(59)60)52-38(62)27(12-10-11-19-46)50-43(67)32(22-23(2)3)54-41(65)31(18-21-72-8)53-39(63)28(13-15-33(48)58)51-40(64)30(17-20-71-7)49-37(61)25(5)47/h23-32,35-36,57H,9-22,46-47H2,1-8H3,(H2,48,58)(H,49,61)(H,50,67)(H,51,64)(H,52,62)(H,53,63)(H,54,65)(H,55,68)(H,56,66)(H,59,60)(H,69,70)/t24-,25-,26+,27-,28-,29-,30-,31-,32-,35-,36-/m0/s1. The molecule has 0 aliphatic rings. The number of nitrogens with two attached hydrogens (primary N) is 3. The van der Waals surface area contributed by atoms with Crippen LogP contribution in [0.1, 0.15) is 112 Å². The third kappa shape index (κ3) is 26.4. The first-order chi connectivity index (χ1) is 33.7. The molecule has 0 aromatic carbocycles. The summed E-state index contributed by atoms with van der Waals surface area (Å²) in [5.74, 6) is -10.5. The Bertz CT molecular complexity index is 1810. The lowest BCUT2D eigenvalue weighted by Gasteiger charge is -2.29. The van der Waals surface area contributed by atoms with Crippen molar-refractivity contribution < 1.29 is 68.1 Å². The van der Waals surface area contributed by atoms with Crippen molar-refractivity contribution in [3.63, 3.8) is 0 Å². The van der Waals surface area contributed by atoms with Gasteiger partial charge in [0.05, 0.1) is 12.1 Å². The van der Waals surface area contributed by atoms with Crippen molar-refractivity contribution in [1.82, 2.24) is 42.5 Å². The molecule has 0 rings (SSSR count). The first-order valence-electron chi connectivity index (χ1n) is 24.0. The Hall–Kier alpha value is -5.25. The number of carbonyl (C=O) groups is 11. The van der Waals surface area contributed by atoms with Crippen LogP contribution in [0.25, 0.3) is 0 Å². The van der Waals surface area contributed by atoms with Gasteiger partial charge in [0.2, 0.25) is 53.2 Å². The Morgan fingerprint density at radius 2 is 0.903 bits per heavy atom. The van der Waals surface area contributed by atoms with Gasteiger partial charge in [-0.2, -0.15) is 23.5 Å². The number of nitrogens with one attached hydrogen (secondary N) is 8. The van der Waals surface area contributed by atoms with Crippen molar-refractivity contribution in [2.24, 2.45) is 29.0 Å². The molecule has 0 fully saturated rings. The highest BCUT2D eigenvalue weighted by Gasteiger charge is 2.37. The van der Waals surface area contributed by atoms with Crippen LogP contribution in [-0.4, -0.2) is 171 Å². The maximum Gasteiger partial charge on any atom is 0.326 e. The number of rotatable bonds is 38. The van der Waals surface area contributed by atoms with Gasteiger partial charge in [-0.15, -0.1) is 0 Å². The van der Waals surface area contributed by atoms with Gasteiger partial charge in [-0.1, -0.05) is 34.1 Å². The summed E-state index contributed by atoms with van der Waals surface area (Å²) in [5.41, 5.74) is 16.8. The minimum absolute atomic E-state index is 0.0198. The molecule has 27 heteroatoms. The second-order valence-corrected chi connectivity index (χ2v) is 20.0. The number of carbonyl (C=O) groups excluding carboxylic acids is 9. The molecule has 0 heterocycles. The zero-order valence-electron chi connectivity index (χ0n) is 42.7.